The Balaban J connectivity index is 5.20. The summed E-state index contributed by atoms with van der Waals surface area (Å²) < 4.78 is 68.3. The standard InChI is InChI=1S/C73H142O17P2/c1-7-10-12-14-16-18-19-20-23-27-30-33-37-44-50-56-71(76)84-61-68(89-72(77)57-51-45-38-34-31-28-25-22-21-24-26-29-32-35-41-47-53-65(4)5)63-87-91(79,80)85-59-67(74)60-86-92(81,82)88-64-69(62-83-70(75)55-49-43-36-17-15-13-11-8-2)90-73(78)58-52-46-40-39-42-48-54-66(6)9-3/h65-69,74H,7-64H2,1-6H3,(H,79,80)(H,81,82)/t66?,67-,68-,69-/m1/s1. The van der Waals surface area contributed by atoms with E-state index in [1.54, 1.807) is 0 Å². The predicted octanol–water partition coefficient (Wildman–Crippen LogP) is 21.2. The number of unbranched alkanes of at least 4 members (excludes halogenated alkanes) is 41. The fraction of sp³-hybridized carbons (Fsp3) is 0.945. The zero-order chi connectivity index (χ0) is 67.9. The number of carbonyl (C=O) groups is 4. The van der Waals surface area contributed by atoms with Gasteiger partial charge in [0, 0.05) is 25.7 Å². The zero-order valence-electron chi connectivity index (χ0n) is 59.9. The van der Waals surface area contributed by atoms with E-state index in [1.165, 1.54) is 186 Å². The molecule has 546 valence electrons. The van der Waals surface area contributed by atoms with Crippen LogP contribution in [0.5, 0.6) is 0 Å². The second-order valence-electron chi connectivity index (χ2n) is 27.1. The van der Waals surface area contributed by atoms with Crippen molar-refractivity contribution in [2.75, 3.05) is 39.6 Å². The quantitative estimate of drug-likeness (QED) is 0.0222. The summed E-state index contributed by atoms with van der Waals surface area (Å²) in [5.41, 5.74) is 0. The average molecular weight is 1350 g/mol. The van der Waals surface area contributed by atoms with Gasteiger partial charge in [0.1, 0.15) is 19.3 Å². The number of ether oxygens (including phenoxy) is 4. The predicted molar refractivity (Wildman–Crippen MR) is 372 cm³/mol. The van der Waals surface area contributed by atoms with Crippen molar-refractivity contribution in [3.63, 3.8) is 0 Å². The van der Waals surface area contributed by atoms with Crippen LogP contribution in [-0.2, 0) is 65.4 Å². The molecule has 0 bridgehead atoms. The summed E-state index contributed by atoms with van der Waals surface area (Å²) in [6, 6.07) is 0. The van der Waals surface area contributed by atoms with Gasteiger partial charge in [-0.2, -0.15) is 0 Å². The smallest absolute Gasteiger partial charge is 0.462 e. The lowest BCUT2D eigenvalue weighted by Gasteiger charge is -2.21. The molecule has 0 aromatic rings. The maximum absolute atomic E-state index is 13.1. The van der Waals surface area contributed by atoms with E-state index in [1.807, 2.05) is 0 Å². The van der Waals surface area contributed by atoms with Crippen LogP contribution in [0.25, 0.3) is 0 Å². The first-order valence-corrected chi connectivity index (χ1v) is 41.0. The third-order valence-corrected chi connectivity index (χ3v) is 19.2. The van der Waals surface area contributed by atoms with Crippen LogP contribution in [0, 0.1) is 11.8 Å². The van der Waals surface area contributed by atoms with E-state index in [-0.39, 0.29) is 25.7 Å². The van der Waals surface area contributed by atoms with E-state index in [0.29, 0.717) is 25.7 Å². The summed E-state index contributed by atoms with van der Waals surface area (Å²) in [5, 5.41) is 10.6. The van der Waals surface area contributed by atoms with Crippen LogP contribution in [-0.4, -0.2) is 96.7 Å². The molecule has 17 nitrogen and oxygen atoms in total. The Labute approximate surface area is 562 Å². The monoisotopic (exact) mass is 1350 g/mol. The molecule has 0 aliphatic rings. The van der Waals surface area contributed by atoms with Gasteiger partial charge in [0.25, 0.3) is 0 Å². The zero-order valence-corrected chi connectivity index (χ0v) is 61.6. The average Bonchev–Trinajstić information content (AvgIpc) is 1.97. The highest BCUT2D eigenvalue weighted by Gasteiger charge is 2.30. The van der Waals surface area contributed by atoms with Gasteiger partial charge in [-0.25, -0.2) is 9.13 Å². The molecule has 0 aliphatic carbocycles. The van der Waals surface area contributed by atoms with Crippen molar-refractivity contribution < 1.29 is 80.2 Å². The van der Waals surface area contributed by atoms with Crippen molar-refractivity contribution in [3.05, 3.63) is 0 Å². The van der Waals surface area contributed by atoms with Gasteiger partial charge < -0.3 is 33.8 Å². The molecule has 0 aromatic carbocycles. The first kappa shape index (κ1) is 90.1. The highest BCUT2D eigenvalue weighted by atomic mass is 31.2. The fourth-order valence-corrected chi connectivity index (χ4v) is 12.7. The Kier molecular flexibility index (Phi) is 63.7. The Hall–Kier alpha value is -1.94. The summed E-state index contributed by atoms with van der Waals surface area (Å²) in [5.74, 6) is -0.595. The molecule has 0 spiro atoms. The van der Waals surface area contributed by atoms with Gasteiger partial charge in [-0.15, -0.1) is 0 Å². The largest absolute Gasteiger partial charge is 0.472 e. The van der Waals surface area contributed by atoms with Crippen LogP contribution in [0.2, 0.25) is 0 Å². The van der Waals surface area contributed by atoms with Crippen LogP contribution >= 0.6 is 15.6 Å². The summed E-state index contributed by atoms with van der Waals surface area (Å²) in [7, 11) is -9.90. The highest BCUT2D eigenvalue weighted by Crippen LogP contribution is 2.45. The van der Waals surface area contributed by atoms with Gasteiger partial charge >= 0.3 is 39.5 Å². The van der Waals surface area contributed by atoms with E-state index in [2.05, 4.69) is 41.5 Å². The van der Waals surface area contributed by atoms with Crippen molar-refractivity contribution in [1.29, 1.82) is 0 Å². The minimum absolute atomic E-state index is 0.103. The third-order valence-electron chi connectivity index (χ3n) is 17.3. The molecule has 0 saturated carbocycles. The Bertz CT molecular complexity index is 1790. The number of aliphatic hydroxyl groups is 1. The molecule has 0 fully saturated rings. The van der Waals surface area contributed by atoms with Gasteiger partial charge in [-0.05, 0) is 37.5 Å². The van der Waals surface area contributed by atoms with Crippen molar-refractivity contribution in [2.45, 2.75) is 394 Å². The van der Waals surface area contributed by atoms with Crippen LogP contribution in [0.4, 0.5) is 0 Å². The van der Waals surface area contributed by atoms with Crippen molar-refractivity contribution in [1.82, 2.24) is 0 Å². The number of hydrogen-bond donors (Lipinski definition) is 3. The molecule has 3 unspecified atom stereocenters. The van der Waals surface area contributed by atoms with Crippen LogP contribution in [0.15, 0.2) is 0 Å². The fourth-order valence-electron chi connectivity index (χ4n) is 11.1. The molecule has 0 aliphatic heterocycles. The van der Waals surface area contributed by atoms with Crippen molar-refractivity contribution >= 4 is 39.5 Å². The number of esters is 4. The molecule has 0 aromatic heterocycles. The van der Waals surface area contributed by atoms with Gasteiger partial charge in [0.05, 0.1) is 26.4 Å². The SMILES string of the molecule is CCCCCCCCCCCCCCCCCC(=O)OC[C@H](COP(=O)(O)OC[C@@H](O)COP(=O)(O)OC[C@@H](COC(=O)CCCCCCCCCC)OC(=O)CCCCCCCCC(C)CC)OC(=O)CCCCCCCCCCCCCCCCCCC(C)C. The van der Waals surface area contributed by atoms with Gasteiger partial charge in [0.2, 0.25) is 0 Å². The normalized spacial score (nSPS) is 14.4. The number of carbonyl (C=O) groups excluding carboxylic acids is 4. The van der Waals surface area contributed by atoms with E-state index >= 15 is 0 Å². The number of phosphoric acid groups is 2. The molecule has 0 heterocycles. The summed E-state index contributed by atoms with van der Waals surface area (Å²) in [6.45, 7) is 9.53. The molecule has 92 heavy (non-hydrogen) atoms. The maximum Gasteiger partial charge on any atom is 0.472 e. The lowest BCUT2D eigenvalue weighted by Crippen LogP contribution is -2.30. The molecule has 0 rings (SSSR count). The molecular formula is C73H142O17P2. The lowest BCUT2D eigenvalue weighted by molar-refractivity contribution is -0.161. The number of aliphatic hydroxyl groups excluding tert-OH is 1. The minimum Gasteiger partial charge on any atom is -0.462 e. The lowest BCUT2D eigenvalue weighted by atomic mass is 10.00. The molecule has 0 amide bonds. The molecular weight excluding hydrogens is 1210 g/mol. The molecule has 3 N–H and O–H groups in total. The number of hydrogen-bond acceptors (Lipinski definition) is 15. The van der Waals surface area contributed by atoms with Crippen LogP contribution in [0.3, 0.4) is 0 Å². The van der Waals surface area contributed by atoms with Gasteiger partial charge in [0.15, 0.2) is 12.2 Å². The van der Waals surface area contributed by atoms with E-state index in [9.17, 15) is 43.2 Å². The van der Waals surface area contributed by atoms with Crippen LogP contribution in [0.1, 0.15) is 375 Å². The van der Waals surface area contributed by atoms with Crippen LogP contribution < -0.4 is 0 Å². The number of phosphoric ester groups is 2. The molecule has 19 heteroatoms. The van der Waals surface area contributed by atoms with Crippen molar-refractivity contribution in [2.24, 2.45) is 11.8 Å². The van der Waals surface area contributed by atoms with E-state index < -0.39 is 97.5 Å². The third kappa shape index (κ3) is 65.4. The summed E-state index contributed by atoms with van der Waals surface area (Å²) >= 11 is 0. The minimum atomic E-state index is -4.95. The second-order valence-corrected chi connectivity index (χ2v) is 30.0. The highest BCUT2D eigenvalue weighted by molar-refractivity contribution is 7.47. The summed E-state index contributed by atoms with van der Waals surface area (Å²) in [6.07, 6.45) is 51.5. The first-order valence-electron chi connectivity index (χ1n) is 38.0. The molecule has 6 atom stereocenters. The maximum atomic E-state index is 13.1. The Morgan fingerprint density at radius 2 is 0.554 bits per heavy atom. The molecule has 0 radical (unpaired) electrons. The summed E-state index contributed by atoms with van der Waals surface area (Å²) in [4.78, 5) is 72.6. The van der Waals surface area contributed by atoms with Gasteiger partial charge in [-0.3, -0.25) is 37.3 Å². The van der Waals surface area contributed by atoms with E-state index in [4.69, 9.17) is 37.0 Å². The molecule has 0 saturated heterocycles. The van der Waals surface area contributed by atoms with E-state index in [0.717, 1.165) is 108 Å². The Morgan fingerprint density at radius 3 is 0.826 bits per heavy atom. The van der Waals surface area contributed by atoms with Gasteiger partial charge in [-0.1, -0.05) is 324 Å². The number of rotatable bonds is 72. The first-order chi connectivity index (χ1) is 44.4. The van der Waals surface area contributed by atoms with Crippen molar-refractivity contribution in [3.8, 4) is 0 Å². The Morgan fingerprint density at radius 1 is 0.315 bits per heavy atom. The second kappa shape index (κ2) is 65.0. The topological polar surface area (TPSA) is 237 Å².